The lowest BCUT2D eigenvalue weighted by Gasteiger charge is -2.18. The second-order valence-electron chi connectivity index (χ2n) is 4.85. The lowest BCUT2D eigenvalue weighted by atomic mass is 10.1. The van der Waals surface area contributed by atoms with Crippen LogP contribution >= 0.6 is 11.8 Å². The third-order valence-electron chi connectivity index (χ3n) is 3.13. The molecule has 0 saturated heterocycles. The third-order valence-corrected chi connectivity index (χ3v) is 4.24. The fraction of sp³-hybridized carbons (Fsp3) is 0.400. The zero-order chi connectivity index (χ0) is 14.0. The number of thioether (sulfide) groups is 1. The van der Waals surface area contributed by atoms with Crippen molar-refractivity contribution in [1.82, 2.24) is 0 Å². The first-order valence-corrected chi connectivity index (χ1v) is 7.33. The Morgan fingerprint density at radius 2 is 2.21 bits per heavy atom. The predicted octanol–water partition coefficient (Wildman–Crippen LogP) is 3.18. The summed E-state index contributed by atoms with van der Waals surface area (Å²) in [6, 6.07) is 5.92. The largest absolute Gasteiger partial charge is 0.392 e. The van der Waals surface area contributed by atoms with Crippen LogP contribution in [0.25, 0.3) is 0 Å². The smallest absolute Gasteiger partial charge is 0.160 e. The number of hydrogen-bond acceptors (Lipinski definition) is 4. The molecule has 1 aromatic carbocycles. The number of aliphatic hydroxyl groups is 1. The van der Waals surface area contributed by atoms with E-state index < -0.39 is 0 Å². The molecule has 0 aromatic heterocycles. The molecule has 0 amide bonds. The summed E-state index contributed by atoms with van der Waals surface area (Å²) in [5.74, 6) is 0.166. The van der Waals surface area contributed by atoms with Crippen LogP contribution in [0.3, 0.4) is 0 Å². The van der Waals surface area contributed by atoms with Gasteiger partial charge in [0.15, 0.2) is 5.78 Å². The number of carbonyl (C=O) groups is 1. The molecule has 1 N–H and O–H groups in total. The van der Waals surface area contributed by atoms with E-state index in [1.54, 1.807) is 17.8 Å². The molecule has 0 unspecified atom stereocenters. The summed E-state index contributed by atoms with van der Waals surface area (Å²) in [6.45, 7) is 6.74. The molecule has 1 heterocycles. The Morgan fingerprint density at radius 3 is 2.79 bits per heavy atom. The minimum absolute atomic E-state index is 0.0171. The minimum atomic E-state index is 0.0171. The van der Waals surface area contributed by atoms with Crippen molar-refractivity contribution >= 4 is 23.2 Å². The molecular formula is C15H19NO2S. The van der Waals surface area contributed by atoms with Gasteiger partial charge in [-0.15, -0.1) is 0 Å². The first-order chi connectivity index (χ1) is 9.06. The van der Waals surface area contributed by atoms with Crippen molar-refractivity contribution in [3.63, 3.8) is 0 Å². The van der Waals surface area contributed by atoms with E-state index in [2.05, 4.69) is 11.8 Å². The summed E-state index contributed by atoms with van der Waals surface area (Å²) < 4.78 is 0. The van der Waals surface area contributed by atoms with Crippen LogP contribution in [0.1, 0.15) is 26.3 Å². The molecule has 4 heteroatoms. The second-order valence-corrected chi connectivity index (χ2v) is 5.91. The molecule has 3 nitrogen and oxygen atoms in total. The maximum atomic E-state index is 11.9. The number of hydrogen-bond donors (Lipinski definition) is 1. The number of rotatable bonds is 4. The molecule has 0 saturated carbocycles. The van der Waals surface area contributed by atoms with Gasteiger partial charge in [0.1, 0.15) is 0 Å². The standard InChI is InChI=1S/C15H19NO2S/c1-4-16-12-7-11(9-17)5-6-14(12)19-15(16)8-13(18)10(2)3/h5-8,10,17H,4,9H2,1-3H3/b15-8-. The van der Waals surface area contributed by atoms with E-state index in [4.69, 9.17) is 0 Å². The number of anilines is 1. The van der Waals surface area contributed by atoms with Crippen molar-refractivity contribution in [2.45, 2.75) is 32.3 Å². The number of fused-ring (bicyclic) bond motifs is 1. The third kappa shape index (κ3) is 2.85. The first kappa shape index (κ1) is 14.2. The zero-order valence-corrected chi connectivity index (χ0v) is 12.3. The van der Waals surface area contributed by atoms with Gasteiger partial charge < -0.3 is 10.0 Å². The van der Waals surface area contributed by atoms with E-state index in [-0.39, 0.29) is 18.3 Å². The van der Waals surface area contributed by atoms with Crippen LogP contribution in [0.5, 0.6) is 0 Å². The van der Waals surface area contributed by atoms with Crippen molar-refractivity contribution in [2.24, 2.45) is 5.92 Å². The van der Waals surface area contributed by atoms with Crippen molar-refractivity contribution in [1.29, 1.82) is 0 Å². The van der Waals surface area contributed by atoms with Gasteiger partial charge in [0.2, 0.25) is 0 Å². The normalized spacial score (nSPS) is 16.3. The van der Waals surface area contributed by atoms with Crippen molar-refractivity contribution in [3.05, 3.63) is 34.9 Å². The summed E-state index contributed by atoms with van der Waals surface area (Å²) in [5, 5.41) is 10.2. The summed E-state index contributed by atoms with van der Waals surface area (Å²) >= 11 is 1.62. The molecule has 1 aromatic rings. The van der Waals surface area contributed by atoms with Gasteiger partial charge in [-0.2, -0.15) is 0 Å². The lowest BCUT2D eigenvalue weighted by Crippen LogP contribution is -2.18. The maximum Gasteiger partial charge on any atom is 0.160 e. The number of carbonyl (C=O) groups excluding carboxylic acids is 1. The van der Waals surface area contributed by atoms with Gasteiger partial charge in [-0.3, -0.25) is 4.79 Å². The van der Waals surface area contributed by atoms with Gasteiger partial charge in [0.25, 0.3) is 0 Å². The molecule has 1 aliphatic heterocycles. The summed E-state index contributed by atoms with van der Waals surface area (Å²) in [7, 11) is 0. The van der Waals surface area contributed by atoms with Crippen LogP contribution < -0.4 is 4.90 Å². The summed E-state index contributed by atoms with van der Waals surface area (Å²) in [6.07, 6.45) is 1.73. The van der Waals surface area contributed by atoms with E-state index >= 15 is 0 Å². The number of ketones is 1. The number of benzene rings is 1. The first-order valence-electron chi connectivity index (χ1n) is 6.51. The van der Waals surface area contributed by atoms with Crippen LogP contribution in [0, 0.1) is 5.92 Å². The average Bonchev–Trinajstić information content (AvgIpc) is 2.74. The SMILES string of the molecule is CCN1/C(=C/C(=O)C(C)C)Sc2ccc(CO)cc21. The Bertz CT molecular complexity index is 523. The average molecular weight is 277 g/mol. The van der Waals surface area contributed by atoms with E-state index in [0.29, 0.717) is 0 Å². The van der Waals surface area contributed by atoms with Crippen LogP contribution in [0.2, 0.25) is 0 Å². The minimum Gasteiger partial charge on any atom is -0.392 e. The lowest BCUT2D eigenvalue weighted by molar-refractivity contribution is -0.117. The topological polar surface area (TPSA) is 40.5 Å². The summed E-state index contributed by atoms with van der Waals surface area (Å²) in [4.78, 5) is 15.1. The van der Waals surface area contributed by atoms with Gasteiger partial charge in [-0.1, -0.05) is 31.7 Å². The van der Waals surface area contributed by atoms with Crippen LogP contribution in [0.4, 0.5) is 5.69 Å². The van der Waals surface area contributed by atoms with Gasteiger partial charge in [0.05, 0.1) is 17.3 Å². The predicted molar refractivity (Wildman–Crippen MR) is 79.2 cm³/mol. The molecule has 0 spiro atoms. The highest BCUT2D eigenvalue weighted by atomic mass is 32.2. The Labute approximate surface area is 118 Å². The van der Waals surface area contributed by atoms with Gasteiger partial charge in [-0.25, -0.2) is 0 Å². The highest BCUT2D eigenvalue weighted by Gasteiger charge is 2.25. The molecule has 0 bridgehead atoms. The molecule has 1 aliphatic rings. The molecule has 0 aliphatic carbocycles. The Kier molecular flexibility index (Phi) is 4.32. The molecule has 2 rings (SSSR count). The Hall–Kier alpha value is -1.26. The number of aliphatic hydroxyl groups excluding tert-OH is 1. The Morgan fingerprint density at radius 1 is 1.47 bits per heavy atom. The van der Waals surface area contributed by atoms with Crippen LogP contribution in [-0.2, 0) is 11.4 Å². The molecule has 0 atom stereocenters. The van der Waals surface area contributed by atoms with Gasteiger partial charge >= 0.3 is 0 Å². The molecular weight excluding hydrogens is 258 g/mol. The van der Waals surface area contributed by atoms with Crippen molar-refractivity contribution in [3.8, 4) is 0 Å². The monoisotopic (exact) mass is 277 g/mol. The van der Waals surface area contributed by atoms with Crippen LogP contribution in [0.15, 0.2) is 34.2 Å². The van der Waals surface area contributed by atoms with Crippen molar-refractivity contribution < 1.29 is 9.90 Å². The van der Waals surface area contributed by atoms with Gasteiger partial charge in [0, 0.05) is 23.4 Å². The highest BCUT2D eigenvalue weighted by Crippen LogP contribution is 2.46. The fourth-order valence-electron chi connectivity index (χ4n) is 1.97. The van der Waals surface area contributed by atoms with E-state index in [1.807, 2.05) is 32.0 Å². The quantitative estimate of drug-likeness (QED) is 0.858. The van der Waals surface area contributed by atoms with E-state index in [9.17, 15) is 9.90 Å². The molecule has 19 heavy (non-hydrogen) atoms. The molecule has 0 fully saturated rings. The second kappa shape index (κ2) is 5.80. The zero-order valence-electron chi connectivity index (χ0n) is 11.5. The highest BCUT2D eigenvalue weighted by molar-refractivity contribution is 8.03. The summed E-state index contributed by atoms with van der Waals surface area (Å²) in [5.41, 5.74) is 1.98. The Balaban J connectivity index is 2.35. The van der Waals surface area contributed by atoms with Gasteiger partial charge in [-0.05, 0) is 24.6 Å². The number of nitrogens with zero attached hydrogens (tertiary/aromatic N) is 1. The molecule has 102 valence electrons. The van der Waals surface area contributed by atoms with E-state index in [0.717, 1.165) is 27.7 Å². The van der Waals surface area contributed by atoms with Crippen molar-refractivity contribution in [2.75, 3.05) is 11.4 Å². The number of allylic oxidation sites excluding steroid dienone is 1. The van der Waals surface area contributed by atoms with Crippen LogP contribution in [-0.4, -0.2) is 17.4 Å². The van der Waals surface area contributed by atoms with E-state index in [1.165, 1.54) is 0 Å². The maximum absolute atomic E-state index is 11.9. The molecule has 0 radical (unpaired) electrons. The fourth-order valence-corrected chi connectivity index (χ4v) is 3.11.